The van der Waals surface area contributed by atoms with Crippen LogP contribution in [0.2, 0.25) is 0 Å². The molecule has 1 unspecified atom stereocenters. The summed E-state index contributed by atoms with van der Waals surface area (Å²) >= 11 is 0. The second-order valence-electron chi connectivity index (χ2n) is 4.66. The third-order valence-corrected chi connectivity index (χ3v) is 3.07. The van der Waals surface area contributed by atoms with Crippen molar-refractivity contribution in [2.45, 2.75) is 38.8 Å². The molecule has 0 fully saturated rings. The van der Waals surface area contributed by atoms with Gasteiger partial charge < -0.3 is 5.11 Å². The predicted molar refractivity (Wildman–Crippen MR) is 68.9 cm³/mol. The molecule has 19 heavy (non-hydrogen) atoms. The number of carboxylic acid groups (broad SMARTS) is 1. The van der Waals surface area contributed by atoms with E-state index in [0.717, 1.165) is 0 Å². The van der Waals surface area contributed by atoms with Crippen LogP contribution < -0.4 is 5.32 Å². The Bertz CT molecular complexity index is 511. The first kappa shape index (κ1) is 15.1. The molecule has 0 aliphatic carbocycles. The van der Waals surface area contributed by atoms with Gasteiger partial charge in [0, 0.05) is 12.1 Å². The zero-order chi connectivity index (χ0) is 14.5. The second-order valence-corrected chi connectivity index (χ2v) is 4.66. The molecule has 0 aliphatic rings. The topological polar surface area (TPSA) is 73.1 Å². The maximum atomic E-state index is 13.6. The van der Waals surface area contributed by atoms with Crippen molar-refractivity contribution in [2.75, 3.05) is 0 Å². The minimum absolute atomic E-state index is 0.0736. The van der Waals surface area contributed by atoms with E-state index < -0.39 is 17.3 Å². The van der Waals surface area contributed by atoms with Crippen molar-refractivity contribution in [3.05, 3.63) is 35.1 Å². The predicted octanol–water partition coefficient (Wildman–Crippen LogP) is 2.43. The van der Waals surface area contributed by atoms with E-state index >= 15 is 0 Å². The zero-order valence-electron chi connectivity index (χ0n) is 11.0. The fourth-order valence-corrected chi connectivity index (χ4v) is 1.84. The van der Waals surface area contributed by atoms with E-state index in [4.69, 9.17) is 5.26 Å². The van der Waals surface area contributed by atoms with Gasteiger partial charge in [-0.05, 0) is 31.5 Å². The molecule has 2 N–H and O–H groups in total. The summed E-state index contributed by atoms with van der Waals surface area (Å²) < 4.78 is 13.6. The molecule has 0 bridgehead atoms. The first-order valence-electron chi connectivity index (χ1n) is 6.10. The molecule has 1 rings (SSSR count). The van der Waals surface area contributed by atoms with E-state index in [9.17, 15) is 14.3 Å². The highest BCUT2D eigenvalue weighted by atomic mass is 19.1. The van der Waals surface area contributed by atoms with E-state index in [1.165, 1.54) is 18.2 Å². The SMILES string of the molecule is CCCC(C)(NCc1cc(C#N)ccc1F)C(=O)O. The Morgan fingerprint density at radius 1 is 1.58 bits per heavy atom. The summed E-state index contributed by atoms with van der Waals surface area (Å²) in [5.74, 6) is -1.41. The molecule has 5 heteroatoms. The van der Waals surface area contributed by atoms with Gasteiger partial charge in [0.1, 0.15) is 11.4 Å². The summed E-state index contributed by atoms with van der Waals surface area (Å²) in [5, 5.41) is 20.8. The number of nitrogens with one attached hydrogen (secondary N) is 1. The number of rotatable bonds is 6. The van der Waals surface area contributed by atoms with Crippen LogP contribution in [-0.2, 0) is 11.3 Å². The average Bonchev–Trinajstić information content (AvgIpc) is 2.38. The molecule has 0 heterocycles. The van der Waals surface area contributed by atoms with E-state index in [1.807, 2.05) is 13.0 Å². The van der Waals surface area contributed by atoms with Crippen LogP contribution in [0.3, 0.4) is 0 Å². The Labute approximate surface area is 111 Å². The number of halogens is 1. The largest absolute Gasteiger partial charge is 0.480 e. The number of hydrogen-bond donors (Lipinski definition) is 2. The van der Waals surface area contributed by atoms with Gasteiger partial charge in [-0.1, -0.05) is 13.3 Å². The number of hydrogen-bond acceptors (Lipinski definition) is 3. The smallest absolute Gasteiger partial charge is 0.323 e. The van der Waals surface area contributed by atoms with Gasteiger partial charge in [-0.3, -0.25) is 10.1 Å². The molecule has 0 saturated carbocycles. The van der Waals surface area contributed by atoms with Gasteiger partial charge in [-0.2, -0.15) is 5.26 Å². The minimum atomic E-state index is -1.09. The van der Waals surface area contributed by atoms with Crippen molar-refractivity contribution in [3.63, 3.8) is 0 Å². The number of nitriles is 1. The Hall–Kier alpha value is -1.93. The van der Waals surface area contributed by atoms with Gasteiger partial charge in [0.15, 0.2) is 0 Å². The van der Waals surface area contributed by atoms with Crippen LogP contribution in [-0.4, -0.2) is 16.6 Å². The lowest BCUT2D eigenvalue weighted by atomic mass is 9.96. The first-order chi connectivity index (χ1) is 8.92. The standard InChI is InChI=1S/C14H17FN2O2/c1-3-6-14(2,13(18)19)17-9-11-7-10(8-16)4-5-12(11)15/h4-5,7,17H,3,6,9H2,1-2H3,(H,18,19). The molecule has 102 valence electrons. The highest BCUT2D eigenvalue weighted by molar-refractivity contribution is 5.78. The lowest BCUT2D eigenvalue weighted by Gasteiger charge is -2.26. The summed E-state index contributed by atoms with van der Waals surface area (Å²) in [7, 11) is 0. The van der Waals surface area contributed by atoms with E-state index in [2.05, 4.69) is 5.32 Å². The fourth-order valence-electron chi connectivity index (χ4n) is 1.84. The quantitative estimate of drug-likeness (QED) is 0.827. The maximum absolute atomic E-state index is 13.6. The monoisotopic (exact) mass is 264 g/mol. The van der Waals surface area contributed by atoms with Crippen molar-refractivity contribution in [1.82, 2.24) is 5.32 Å². The molecule has 0 aromatic heterocycles. The van der Waals surface area contributed by atoms with Crippen LogP contribution in [0, 0.1) is 17.1 Å². The number of carboxylic acids is 1. The highest BCUT2D eigenvalue weighted by Crippen LogP contribution is 2.16. The van der Waals surface area contributed by atoms with E-state index in [1.54, 1.807) is 6.92 Å². The number of benzene rings is 1. The molecular formula is C14H17FN2O2. The van der Waals surface area contributed by atoms with Crippen molar-refractivity contribution in [2.24, 2.45) is 0 Å². The summed E-state index contributed by atoms with van der Waals surface area (Å²) in [6.45, 7) is 3.54. The van der Waals surface area contributed by atoms with Crippen LogP contribution in [0.25, 0.3) is 0 Å². The van der Waals surface area contributed by atoms with E-state index in [-0.39, 0.29) is 6.54 Å². The summed E-state index contributed by atoms with van der Waals surface area (Å²) in [5.41, 5.74) is -0.447. The van der Waals surface area contributed by atoms with Gasteiger partial charge in [0.2, 0.25) is 0 Å². The summed E-state index contributed by atoms with van der Waals surface area (Å²) in [6, 6.07) is 5.96. The van der Waals surface area contributed by atoms with Gasteiger partial charge in [0.05, 0.1) is 11.6 Å². The lowest BCUT2D eigenvalue weighted by Crippen LogP contribution is -2.49. The summed E-state index contributed by atoms with van der Waals surface area (Å²) in [6.07, 6.45) is 1.15. The molecule has 0 spiro atoms. The van der Waals surface area contributed by atoms with Gasteiger partial charge in [-0.25, -0.2) is 4.39 Å². The second kappa shape index (κ2) is 6.30. The fraction of sp³-hybridized carbons (Fsp3) is 0.429. The number of nitrogens with zero attached hydrogens (tertiary/aromatic N) is 1. The third-order valence-electron chi connectivity index (χ3n) is 3.07. The van der Waals surface area contributed by atoms with Gasteiger partial charge >= 0.3 is 5.97 Å². The molecule has 0 radical (unpaired) electrons. The molecule has 1 atom stereocenters. The van der Waals surface area contributed by atoms with Crippen LogP contribution >= 0.6 is 0 Å². The molecule has 0 saturated heterocycles. The molecule has 1 aromatic rings. The Kier molecular flexibility index (Phi) is 5.02. The van der Waals surface area contributed by atoms with Crippen LogP contribution in [0.1, 0.15) is 37.8 Å². The summed E-state index contributed by atoms with van der Waals surface area (Å²) in [4.78, 5) is 11.2. The van der Waals surface area contributed by atoms with Crippen LogP contribution in [0.15, 0.2) is 18.2 Å². The Morgan fingerprint density at radius 2 is 2.26 bits per heavy atom. The van der Waals surface area contributed by atoms with Crippen LogP contribution in [0.4, 0.5) is 4.39 Å². The Balaban J connectivity index is 2.86. The normalized spacial score (nSPS) is 13.6. The average molecular weight is 264 g/mol. The van der Waals surface area contributed by atoms with Gasteiger partial charge in [0.25, 0.3) is 0 Å². The first-order valence-corrected chi connectivity index (χ1v) is 6.10. The molecule has 4 nitrogen and oxygen atoms in total. The van der Waals surface area contributed by atoms with Gasteiger partial charge in [-0.15, -0.1) is 0 Å². The van der Waals surface area contributed by atoms with Crippen molar-refractivity contribution >= 4 is 5.97 Å². The maximum Gasteiger partial charge on any atom is 0.323 e. The van der Waals surface area contributed by atoms with Crippen LogP contribution in [0.5, 0.6) is 0 Å². The lowest BCUT2D eigenvalue weighted by molar-refractivity contribution is -0.144. The highest BCUT2D eigenvalue weighted by Gasteiger charge is 2.31. The van der Waals surface area contributed by atoms with E-state index in [0.29, 0.717) is 24.0 Å². The molecule has 0 amide bonds. The molecular weight excluding hydrogens is 247 g/mol. The van der Waals surface area contributed by atoms with Crippen molar-refractivity contribution in [1.29, 1.82) is 5.26 Å². The molecule has 0 aliphatic heterocycles. The Morgan fingerprint density at radius 3 is 2.79 bits per heavy atom. The molecule has 1 aromatic carbocycles. The minimum Gasteiger partial charge on any atom is -0.480 e. The van der Waals surface area contributed by atoms with Crippen molar-refractivity contribution < 1.29 is 14.3 Å². The zero-order valence-corrected chi connectivity index (χ0v) is 11.0. The number of carbonyl (C=O) groups is 1. The number of aliphatic carboxylic acids is 1. The third kappa shape index (κ3) is 3.76. The van der Waals surface area contributed by atoms with Crippen molar-refractivity contribution in [3.8, 4) is 6.07 Å².